The Morgan fingerprint density at radius 3 is 2.19 bits per heavy atom. The van der Waals surface area contributed by atoms with Gasteiger partial charge < -0.3 is 4.79 Å². The zero-order chi connectivity index (χ0) is 15.1. The third kappa shape index (κ3) is 5.11. The quantitative estimate of drug-likeness (QED) is 0.414. The number of unbranched alkanes of at least 4 members (excludes halogenated alkanes) is 2. The molecule has 4 atom stereocenters. The Kier molecular flexibility index (Phi) is 7.26. The van der Waals surface area contributed by atoms with Gasteiger partial charge in [0.05, 0.1) is 0 Å². The molecular weight excluding hydrogens is 256 g/mol. The van der Waals surface area contributed by atoms with Crippen molar-refractivity contribution in [3.05, 3.63) is 0 Å². The van der Waals surface area contributed by atoms with Crippen LogP contribution in [0.3, 0.4) is 0 Å². The predicted octanol–water partition coefficient (Wildman–Crippen LogP) is 6.01. The van der Waals surface area contributed by atoms with Crippen LogP contribution in [0, 0.1) is 29.6 Å². The maximum Gasteiger partial charge on any atom is 0.123 e. The van der Waals surface area contributed by atoms with Gasteiger partial charge in [-0.1, -0.05) is 65.2 Å². The highest BCUT2D eigenvalue weighted by molar-refractivity contribution is 5.54. The second-order valence-electron chi connectivity index (χ2n) is 8.03. The average molecular weight is 293 g/mol. The van der Waals surface area contributed by atoms with E-state index in [1.807, 2.05) is 0 Å². The smallest absolute Gasteiger partial charge is 0.123 e. The first-order chi connectivity index (χ1) is 10.2. The lowest BCUT2D eigenvalue weighted by Gasteiger charge is -2.34. The van der Waals surface area contributed by atoms with Crippen LogP contribution in [0.25, 0.3) is 0 Å². The molecule has 0 heterocycles. The van der Waals surface area contributed by atoms with Gasteiger partial charge >= 0.3 is 0 Å². The number of hydrogen-bond donors (Lipinski definition) is 0. The van der Waals surface area contributed by atoms with Crippen molar-refractivity contribution in [3.8, 4) is 0 Å². The van der Waals surface area contributed by atoms with E-state index in [9.17, 15) is 4.79 Å². The fourth-order valence-electron chi connectivity index (χ4n) is 5.06. The summed E-state index contributed by atoms with van der Waals surface area (Å²) >= 11 is 0. The minimum absolute atomic E-state index is 0.386. The molecule has 0 amide bonds. The van der Waals surface area contributed by atoms with E-state index in [1.165, 1.54) is 76.9 Å². The Labute approximate surface area is 132 Å². The van der Waals surface area contributed by atoms with Crippen LogP contribution in [-0.4, -0.2) is 6.29 Å². The summed E-state index contributed by atoms with van der Waals surface area (Å²) in [5, 5.41) is 0. The zero-order valence-electron chi connectivity index (χ0n) is 14.4. The molecular formula is C20H36O. The molecule has 2 aliphatic rings. The lowest BCUT2D eigenvalue weighted by Crippen LogP contribution is -2.24. The Hall–Kier alpha value is -0.330. The van der Waals surface area contributed by atoms with Crippen molar-refractivity contribution < 1.29 is 4.79 Å². The molecule has 0 aromatic heterocycles. The van der Waals surface area contributed by atoms with Gasteiger partial charge in [0.25, 0.3) is 0 Å². The maximum absolute atomic E-state index is 11.1. The summed E-state index contributed by atoms with van der Waals surface area (Å²) in [4.78, 5) is 11.1. The molecule has 0 aromatic rings. The fourth-order valence-corrected chi connectivity index (χ4v) is 5.06. The highest BCUT2D eigenvalue weighted by Gasteiger charge is 2.27. The molecule has 0 aromatic carbocycles. The van der Waals surface area contributed by atoms with Crippen LogP contribution in [0.2, 0.25) is 0 Å². The van der Waals surface area contributed by atoms with Gasteiger partial charge in [0, 0.05) is 5.92 Å². The van der Waals surface area contributed by atoms with Gasteiger partial charge in [0.2, 0.25) is 0 Å². The molecule has 0 aliphatic heterocycles. The van der Waals surface area contributed by atoms with Crippen molar-refractivity contribution in [2.45, 2.75) is 90.9 Å². The lowest BCUT2D eigenvalue weighted by atomic mass is 9.71. The molecule has 0 bridgehead atoms. The summed E-state index contributed by atoms with van der Waals surface area (Å²) < 4.78 is 0. The third-order valence-electron chi connectivity index (χ3n) is 6.54. The van der Waals surface area contributed by atoms with E-state index in [-0.39, 0.29) is 0 Å². The van der Waals surface area contributed by atoms with Crippen molar-refractivity contribution in [2.75, 3.05) is 0 Å². The van der Waals surface area contributed by atoms with Gasteiger partial charge in [-0.3, -0.25) is 0 Å². The number of aldehydes is 1. The minimum atomic E-state index is 0.386. The van der Waals surface area contributed by atoms with Gasteiger partial charge in [-0.05, 0) is 49.4 Å². The molecule has 2 aliphatic carbocycles. The summed E-state index contributed by atoms with van der Waals surface area (Å²) in [7, 11) is 0. The molecule has 2 fully saturated rings. The minimum Gasteiger partial charge on any atom is -0.303 e. The molecule has 4 unspecified atom stereocenters. The van der Waals surface area contributed by atoms with Crippen LogP contribution in [-0.2, 0) is 4.79 Å². The molecule has 0 N–H and O–H groups in total. The molecule has 0 radical (unpaired) electrons. The highest BCUT2D eigenvalue weighted by atomic mass is 16.1. The normalized spacial score (nSPS) is 37.3. The van der Waals surface area contributed by atoms with E-state index in [0.717, 1.165) is 24.2 Å². The molecule has 1 heteroatoms. The summed E-state index contributed by atoms with van der Waals surface area (Å²) in [6.45, 7) is 4.94. The van der Waals surface area contributed by atoms with Crippen LogP contribution in [0.1, 0.15) is 90.9 Å². The zero-order valence-corrected chi connectivity index (χ0v) is 14.4. The Bertz CT molecular complexity index is 288. The molecule has 1 nitrogen and oxygen atoms in total. The predicted molar refractivity (Wildman–Crippen MR) is 90.3 cm³/mol. The van der Waals surface area contributed by atoms with Crippen molar-refractivity contribution in [1.29, 1.82) is 0 Å². The van der Waals surface area contributed by atoms with Gasteiger partial charge in [-0.2, -0.15) is 0 Å². The van der Waals surface area contributed by atoms with Gasteiger partial charge in [-0.25, -0.2) is 0 Å². The topological polar surface area (TPSA) is 17.1 Å². The average Bonchev–Trinajstić information content (AvgIpc) is 2.50. The second kappa shape index (κ2) is 8.96. The third-order valence-corrected chi connectivity index (χ3v) is 6.54. The highest BCUT2D eigenvalue weighted by Crippen LogP contribution is 2.38. The lowest BCUT2D eigenvalue weighted by molar-refractivity contribution is -0.113. The van der Waals surface area contributed by atoms with Crippen molar-refractivity contribution >= 4 is 6.29 Å². The largest absolute Gasteiger partial charge is 0.303 e. The summed E-state index contributed by atoms with van der Waals surface area (Å²) in [6, 6.07) is 0. The van der Waals surface area contributed by atoms with E-state index in [0.29, 0.717) is 11.8 Å². The number of carbonyl (C=O) groups excluding carboxylic acids is 1. The van der Waals surface area contributed by atoms with Gasteiger partial charge in [0.15, 0.2) is 0 Å². The standard InChI is InChI=1S/C20H36O/c1-16-9-8-10-17(2)20(16)14-5-3-4-11-18-12-6-7-13-19(18)15-21/h15-20H,3-14H2,1-2H3. The van der Waals surface area contributed by atoms with E-state index in [1.54, 1.807) is 0 Å². The van der Waals surface area contributed by atoms with Crippen LogP contribution >= 0.6 is 0 Å². The van der Waals surface area contributed by atoms with E-state index < -0.39 is 0 Å². The molecule has 0 saturated heterocycles. The van der Waals surface area contributed by atoms with E-state index in [4.69, 9.17) is 0 Å². The van der Waals surface area contributed by atoms with Crippen LogP contribution < -0.4 is 0 Å². The molecule has 2 saturated carbocycles. The number of carbonyl (C=O) groups is 1. The molecule has 122 valence electrons. The summed E-state index contributed by atoms with van der Waals surface area (Å²) in [6.07, 6.45) is 17.6. The summed E-state index contributed by atoms with van der Waals surface area (Å²) in [5.74, 6) is 3.98. The van der Waals surface area contributed by atoms with Crippen molar-refractivity contribution in [2.24, 2.45) is 29.6 Å². The fraction of sp³-hybridized carbons (Fsp3) is 0.950. The SMILES string of the molecule is CC1CCCC(C)C1CCCCCC1CCCCC1C=O. The number of rotatable bonds is 7. The van der Waals surface area contributed by atoms with Crippen LogP contribution in [0.15, 0.2) is 0 Å². The monoisotopic (exact) mass is 292 g/mol. The number of hydrogen-bond acceptors (Lipinski definition) is 1. The molecule has 0 spiro atoms. The molecule has 2 rings (SSSR count). The van der Waals surface area contributed by atoms with Gasteiger partial charge in [-0.15, -0.1) is 0 Å². The van der Waals surface area contributed by atoms with E-state index >= 15 is 0 Å². The Morgan fingerprint density at radius 2 is 1.48 bits per heavy atom. The first-order valence-corrected chi connectivity index (χ1v) is 9.67. The van der Waals surface area contributed by atoms with Crippen LogP contribution in [0.4, 0.5) is 0 Å². The van der Waals surface area contributed by atoms with Crippen molar-refractivity contribution in [3.63, 3.8) is 0 Å². The van der Waals surface area contributed by atoms with Crippen LogP contribution in [0.5, 0.6) is 0 Å². The maximum atomic E-state index is 11.1. The van der Waals surface area contributed by atoms with Gasteiger partial charge in [0.1, 0.15) is 6.29 Å². The first kappa shape index (κ1) is 17.0. The molecule has 21 heavy (non-hydrogen) atoms. The Morgan fingerprint density at radius 1 is 0.810 bits per heavy atom. The Balaban J connectivity index is 1.60. The summed E-state index contributed by atoms with van der Waals surface area (Å²) in [5.41, 5.74) is 0. The second-order valence-corrected chi connectivity index (χ2v) is 8.03. The first-order valence-electron chi connectivity index (χ1n) is 9.67. The van der Waals surface area contributed by atoms with E-state index in [2.05, 4.69) is 13.8 Å². The van der Waals surface area contributed by atoms with Crippen molar-refractivity contribution in [1.82, 2.24) is 0 Å².